The van der Waals surface area contributed by atoms with Crippen LogP contribution in [0.4, 0.5) is 11.6 Å². The normalized spacial score (nSPS) is 26.4. The van der Waals surface area contributed by atoms with E-state index in [-0.39, 0.29) is 0 Å². The van der Waals surface area contributed by atoms with Gasteiger partial charge in [0.25, 0.3) is 0 Å². The number of nitrogens with one attached hydrogen (secondary N) is 2. The highest BCUT2D eigenvalue weighted by Crippen LogP contribution is 2.34. The fourth-order valence-electron chi connectivity index (χ4n) is 2.94. The Morgan fingerprint density at radius 3 is 2.47 bits per heavy atom. The van der Waals surface area contributed by atoms with Crippen molar-refractivity contribution in [3.63, 3.8) is 0 Å². The molecule has 0 aromatic carbocycles. The van der Waals surface area contributed by atoms with Crippen LogP contribution < -0.4 is 10.6 Å². The zero-order chi connectivity index (χ0) is 13.8. The Hall–Kier alpha value is -1.32. The summed E-state index contributed by atoms with van der Waals surface area (Å²) in [5, 5.41) is 6.97. The van der Waals surface area contributed by atoms with E-state index in [0.717, 1.165) is 30.5 Å². The minimum Gasteiger partial charge on any atom is -0.370 e. The van der Waals surface area contributed by atoms with Crippen LogP contribution >= 0.6 is 0 Å². The van der Waals surface area contributed by atoms with Gasteiger partial charge in [0.15, 0.2) is 0 Å². The highest BCUT2D eigenvalue weighted by Gasteiger charge is 2.30. The molecule has 4 nitrogen and oxygen atoms in total. The van der Waals surface area contributed by atoms with Crippen LogP contribution in [0.2, 0.25) is 0 Å². The molecule has 3 unspecified atom stereocenters. The quantitative estimate of drug-likeness (QED) is 0.854. The van der Waals surface area contributed by atoms with Crippen molar-refractivity contribution in [1.29, 1.82) is 0 Å². The summed E-state index contributed by atoms with van der Waals surface area (Å²) in [5.41, 5.74) is 1.20. The molecule has 0 radical (unpaired) electrons. The molecule has 1 aliphatic carbocycles. The maximum absolute atomic E-state index is 4.45. The summed E-state index contributed by atoms with van der Waals surface area (Å²) in [6.07, 6.45) is 5.15. The van der Waals surface area contributed by atoms with Crippen LogP contribution in [-0.4, -0.2) is 22.6 Å². The predicted molar refractivity (Wildman–Crippen MR) is 80.5 cm³/mol. The van der Waals surface area contributed by atoms with E-state index in [9.17, 15) is 0 Å². The summed E-state index contributed by atoms with van der Waals surface area (Å²) in [5.74, 6) is 3.50. The first-order chi connectivity index (χ1) is 9.17. The largest absolute Gasteiger partial charge is 0.370 e. The molecular formula is C15H26N4. The molecule has 4 heteroatoms. The van der Waals surface area contributed by atoms with Crippen molar-refractivity contribution in [3.05, 3.63) is 11.9 Å². The van der Waals surface area contributed by atoms with Crippen molar-refractivity contribution in [3.8, 4) is 0 Å². The molecule has 0 bridgehead atoms. The van der Waals surface area contributed by atoms with Gasteiger partial charge in [0.2, 0.25) is 0 Å². The van der Waals surface area contributed by atoms with Gasteiger partial charge in [0.1, 0.15) is 18.0 Å². The molecule has 3 atom stereocenters. The molecule has 1 aliphatic rings. The second kappa shape index (κ2) is 6.22. The van der Waals surface area contributed by atoms with E-state index in [2.05, 4.69) is 48.3 Å². The monoisotopic (exact) mass is 262 g/mol. The van der Waals surface area contributed by atoms with Gasteiger partial charge < -0.3 is 10.6 Å². The molecule has 0 aliphatic heterocycles. The molecule has 2 N–H and O–H groups in total. The Morgan fingerprint density at radius 1 is 1.16 bits per heavy atom. The van der Waals surface area contributed by atoms with E-state index in [4.69, 9.17) is 0 Å². The van der Waals surface area contributed by atoms with Crippen LogP contribution in [0.1, 0.15) is 46.1 Å². The number of aromatic nitrogens is 2. The number of nitrogens with zero attached hydrogens (tertiary/aromatic N) is 2. The van der Waals surface area contributed by atoms with Gasteiger partial charge in [0.05, 0.1) is 0 Å². The van der Waals surface area contributed by atoms with E-state index in [1.807, 2.05) is 0 Å². The fraction of sp³-hybridized carbons (Fsp3) is 0.733. The minimum atomic E-state index is 0.546. The summed E-state index contributed by atoms with van der Waals surface area (Å²) in [4.78, 5) is 8.80. The Labute approximate surface area is 116 Å². The molecule has 1 fully saturated rings. The summed E-state index contributed by atoms with van der Waals surface area (Å²) in [6.45, 7) is 9.82. The smallest absolute Gasteiger partial charge is 0.134 e. The summed E-state index contributed by atoms with van der Waals surface area (Å²) in [7, 11) is 0. The summed E-state index contributed by atoms with van der Waals surface area (Å²) in [6, 6.07) is 0.546. The lowest BCUT2D eigenvalue weighted by Crippen LogP contribution is -2.25. The maximum Gasteiger partial charge on any atom is 0.134 e. The molecule has 106 valence electrons. The van der Waals surface area contributed by atoms with Gasteiger partial charge >= 0.3 is 0 Å². The number of rotatable bonds is 5. The summed E-state index contributed by atoms with van der Waals surface area (Å²) >= 11 is 0. The van der Waals surface area contributed by atoms with Crippen LogP contribution in [0.15, 0.2) is 6.33 Å². The molecule has 1 aromatic rings. The number of hydrogen-bond donors (Lipinski definition) is 2. The SMILES string of the molecule is CCNc1ncnc(NC2CCC(C)C2C)c1CC. The lowest BCUT2D eigenvalue weighted by molar-refractivity contribution is 0.435. The van der Waals surface area contributed by atoms with Crippen molar-refractivity contribution in [2.75, 3.05) is 17.2 Å². The average Bonchev–Trinajstić information content (AvgIpc) is 2.72. The van der Waals surface area contributed by atoms with Gasteiger partial charge in [-0.15, -0.1) is 0 Å². The van der Waals surface area contributed by atoms with Gasteiger partial charge in [-0.3, -0.25) is 0 Å². The first kappa shape index (κ1) is 14.1. The van der Waals surface area contributed by atoms with Crippen molar-refractivity contribution >= 4 is 11.6 Å². The van der Waals surface area contributed by atoms with Gasteiger partial charge in [-0.05, 0) is 38.0 Å². The molecule has 2 rings (SSSR count). The van der Waals surface area contributed by atoms with Crippen molar-refractivity contribution in [2.45, 2.75) is 53.0 Å². The molecule has 1 aromatic heterocycles. The van der Waals surface area contributed by atoms with E-state index in [0.29, 0.717) is 12.0 Å². The molecule has 1 heterocycles. The van der Waals surface area contributed by atoms with Crippen LogP contribution in [-0.2, 0) is 6.42 Å². The second-order valence-electron chi connectivity index (χ2n) is 5.60. The molecular weight excluding hydrogens is 236 g/mol. The molecule has 0 amide bonds. The third kappa shape index (κ3) is 2.99. The zero-order valence-corrected chi connectivity index (χ0v) is 12.5. The topological polar surface area (TPSA) is 49.8 Å². The minimum absolute atomic E-state index is 0.546. The van der Waals surface area contributed by atoms with Gasteiger partial charge in [-0.1, -0.05) is 20.8 Å². The van der Waals surface area contributed by atoms with Crippen LogP contribution in [0, 0.1) is 11.8 Å². The Balaban J connectivity index is 2.18. The van der Waals surface area contributed by atoms with Gasteiger partial charge in [-0.2, -0.15) is 0 Å². The molecule has 0 spiro atoms. The Kier molecular flexibility index (Phi) is 4.61. The molecule has 0 saturated heterocycles. The van der Waals surface area contributed by atoms with Crippen molar-refractivity contribution in [2.24, 2.45) is 11.8 Å². The Morgan fingerprint density at radius 2 is 1.89 bits per heavy atom. The second-order valence-corrected chi connectivity index (χ2v) is 5.60. The van der Waals surface area contributed by atoms with Crippen LogP contribution in [0.5, 0.6) is 0 Å². The van der Waals surface area contributed by atoms with E-state index in [1.54, 1.807) is 6.33 Å². The first-order valence-electron chi connectivity index (χ1n) is 7.51. The zero-order valence-electron chi connectivity index (χ0n) is 12.5. The van der Waals surface area contributed by atoms with Crippen LogP contribution in [0.3, 0.4) is 0 Å². The standard InChI is InChI=1S/C15H26N4/c1-5-12-14(16-6-2)17-9-18-15(12)19-13-8-7-10(3)11(13)4/h9-11,13H,5-8H2,1-4H3,(H2,16,17,18,19). The van der Waals surface area contributed by atoms with E-state index >= 15 is 0 Å². The Bertz CT molecular complexity index is 419. The lowest BCUT2D eigenvalue weighted by Gasteiger charge is -2.22. The van der Waals surface area contributed by atoms with Crippen LogP contribution in [0.25, 0.3) is 0 Å². The average molecular weight is 262 g/mol. The highest BCUT2D eigenvalue weighted by molar-refractivity contribution is 5.57. The van der Waals surface area contributed by atoms with E-state index < -0.39 is 0 Å². The van der Waals surface area contributed by atoms with E-state index in [1.165, 1.54) is 18.4 Å². The van der Waals surface area contributed by atoms with Gasteiger partial charge in [-0.25, -0.2) is 9.97 Å². The molecule has 1 saturated carbocycles. The number of anilines is 2. The van der Waals surface area contributed by atoms with Crippen molar-refractivity contribution < 1.29 is 0 Å². The fourth-order valence-corrected chi connectivity index (χ4v) is 2.94. The maximum atomic E-state index is 4.45. The lowest BCUT2D eigenvalue weighted by atomic mass is 9.97. The third-order valence-electron chi connectivity index (χ3n) is 4.43. The predicted octanol–water partition coefficient (Wildman–Crippen LogP) is 3.32. The summed E-state index contributed by atoms with van der Waals surface area (Å²) < 4.78 is 0. The molecule has 19 heavy (non-hydrogen) atoms. The van der Waals surface area contributed by atoms with Crippen molar-refractivity contribution in [1.82, 2.24) is 9.97 Å². The first-order valence-corrected chi connectivity index (χ1v) is 7.51. The van der Waals surface area contributed by atoms with Gasteiger partial charge in [0, 0.05) is 18.2 Å². The third-order valence-corrected chi connectivity index (χ3v) is 4.43. The number of hydrogen-bond acceptors (Lipinski definition) is 4. The highest BCUT2D eigenvalue weighted by atomic mass is 15.1.